The summed E-state index contributed by atoms with van der Waals surface area (Å²) in [5, 5.41) is 12.2. The lowest BCUT2D eigenvalue weighted by atomic mass is 9.98. The van der Waals surface area contributed by atoms with Crippen LogP contribution in [0.15, 0.2) is 72.8 Å². The molecule has 3 aromatic carbocycles. The maximum Gasteiger partial charge on any atom is 0.323 e. The molecule has 47 heavy (non-hydrogen) atoms. The lowest BCUT2D eigenvalue weighted by molar-refractivity contribution is -0.253. The molecule has 0 aromatic heterocycles. The Bertz CT molecular complexity index is 1540. The van der Waals surface area contributed by atoms with Crippen molar-refractivity contribution in [2.75, 3.05) is 13.1 Å². The van der Waals surface area contributed by atoms with Crippen LogP contribution in [0.3, 0.4) is 0 Å². The van der Waals surface area contributed by atoms with Crippen LogP contribution in [0.25, 0.3) is 11.1 Å². The second-order valence-electron chi connectivity index (χ2n) is 13.0. The van der Waals surface area contributed by atoms with E-state index in [2.05, 4.69) is 10.2 Å². The van der Waals surface area contributed by atoms with Crippen molar-refractivity contribution in [1.82, 2.24) is 10.2 Å². The summed E-state index contributed by atoms with van der Waals surface area (Å²) >= 11 is 17.1. The van der Waals surface area contributed by atoms with Gasteiger partial charge in [-0.15, -0.1) is 0 Å². The van der Waals surface area contributed by atoms with Crippen LogP contribution < -0.4 is 5.32 Å². The third kappa shape index (κ3) is 9.70. The largest absolute Gasteiger partial charge is 0.459 e. The fourth-order valence-corrected chi connectivity index (χ4v) is 6.18. The summed E-state index contributed by atoms with van der Waals surface area (Å²) in [5.74, 6) is -0.889. The van der Waals surface area contributed by atoms with Gasteiger partial charge < -0.3 is 24.6 Å². The van der Waals surface area contributed by atoms with Gasteiger partial charge in [0, 0.05) is 25.1 Å². The highest BCUT2D eigenvalue weighted by molar-refractivity contribution is 6.76. The van der Waals surface area contributed by atoms with Gasteiger partial charge >= 0.3 is 5.97 Å². The maximum absolute atomic E-state index is 13.1. The van der Waals surface area contributed by atoms with Crippen LogP contribution in [0.5, 0.6) is 0 Å². The van der Waals surface area contributed by atoms with Crippen molar-refractivity contribution in [2.45, 2.75) is 87.1 Å². The van der Waals surface area contributed by atoms with Gasteiger partial charge in [-0.25, -0.2) is 0 Å². The summed E-state index contributed by atoms with van der Waals surface area (Å²) in [6.45, 7) is 7.19. The molecular weight excluding hydrogens is 663 g/mol. The van der Waals surface area contributed by atoms with E-state index in [1.165, 1.54) is 0 Å². The van der Waals surface area contributed by atoms with Crippen LogP contribution >= 0.6 is 34.8 Å². The number of aliphatic hydroxyl groups excluding tert-OH is 1. The van der Waals surface area contributed by atoms with Crippen LogP contribution in [0.2, 0.25) is 0 Å². The molecule has 1 amide bonds. The molecule has 2 N–H and O–H groups in total. The van der Waals surface area contributed by atoms with Crippen molar-refractivity contribution in [2.24, 2.45) is 0 Å². The van der Waals surface area contributed by atoms with Gasteiger partial charge in [-0.3, -0.25) is 14.5 Å². The molecule has 5 rings (SSSR count). The molecule has 0 saturated carbocycles. The fourth-order valence-electron chi connectivity index (χ4n) is 5.98. The van der Waals surface area contributed by atoms with E-state index in [0.717, 1.165) is 52.8 Å². The SMILES string of the molecule is CC(C)(C)OC(=O)C1CCCN1CC1CC(c2ccc(CO)cc2)OC(c2cccc(-c3cccc(CNC(=O)C(Cl)(Cl)Cl)c3)c2)O1. The van der Waals surface area contributed by atoms with Gasteiger partial charge in [-0.05, 0) is 80.1 Å². The van der Waals surface area contributed by atoms with Crippen molar-refractivity contribution in [3.63, 3.8) is 0 Å². The maximum atomic E-state index is 13.1. The Labute approximate surface area is 291 Å². The zero-order valence-corrected chi connectivity index (χ0v) is 29.0. The van der Waals surface area contributed by atoms with Crippen LogP contribution in [0.1, 0.15) is 74.7 Å². The monoisotopic (exact) mass is 702 g/mol. The molecule has 2 fully saturated rings. The number of benzene rings is 3. The Morgan fingerprint density at radius 1 is 0.936 bits per heavy atom. The van der Waals surface area contributed by atoms with Crippen molar-refractivity contribution in [3.8, 4) is 11.1 Å². The lowest BCUT2D eigenvalue weighted by Crippen LogP contribution is -2.45. The van der Waals surface area contributed by atoms with Crippen LogP contribution in [0, 0.1) is 0 Å². The van der Waals surface area contributed by atoms with Crippen molar-refractivity contribution >= 4 is 46.7 Å². The average Bonchev–Trinajstić information content (AvgIpc) is 3.51. The fraction of sp³-hybridized carbons (Fsp3) is 0.444. The van der Waals surface area contributed by atoms with Crippen molar-refractivity contribution < 1.29 is 28.9 Å². The first-order valence-corrected chi connectivity index (χ1v) is 16.9. The molecular formula is C36H41Cl3N2O6. The first-order valence-electron chi connectivity index (χ1n) is 15.8. The molecule has 252 valence electrons. The van der Waals surface area contributed by atoms with Gasteiger partial charge in [-0.2, -0.15) is 0 Å². The summed E-state index contributed by atoms with van der Waals surface area (Å²) in [6, 6.07) is 23.2. The predicted octanol–water partition coefficient (Wildman–Crippen LogP) is 7.18. The number of carbonyl (C=O) groups excluding carboxylic acids is 2. The van der Waals surface area contributed by atoms with Gasteiger partial charge in [0.15, 0.2) is 6.29 Å². The predicted molar refractivity (Wildman–Crippen MR) is 183 cm³/mol. The standard InChI is InChI=1S/C36H41Cl3N2O6/c1-35(2,3)47-32(43)30-11-6-16-41(30)21-29-19-31(25-14-12-23(22-42)13-15-25)46-33(45-29)28-10-5-9-27(18-28)26-8-4-7-24(17-26)20-40-34(44)36(37,38)39/h4-5,7-10,12-15,17-18,29-31,33,42H,6,11,16,19-22H2,1-3H3,(H,40,44). The Balaban J connectivity index is 1.37. The van der Waals surface area contributed by atoms with Crippen molar-refractivity contribution in [3.05, 3.63) is 95.1 Å². The van der Waals surface area contributed by atoms with E-state index in [4.69, 9.17) is 49.0 Å². The van der Waals surface area contributed by atoms with Gasteiger partial charge in [0.25, 0.3) is 9.70 Å². The normalized spacial score (nSPS) is 22.2. The molecule has 2 saturated heterocycles. The van der Waals surface area contributed by atoms with Crippen molar-refractivity contribution in [1.29, 1.82) is 0 Å². The third-order valence-electron chi connectivity index (χ3n) is 8.23. The summed E-state index contributed by atoms with van der Waals surface area (Å²) in [5.41, 5.74) is 4.84. The summed E-state index contributed by atoms with van der Waals surface area (Å²) in [7, 11) is 0. The molecule has 0 aliphatic carbocycles. The highest BCUT2D eigenvalue weighted by Crippen LogP contribution is 2.40. The quantitative estimate of drug-likeness (QED) is 0.180. The highest BCUT2D eigenvalue weighted by atomic mass is 35.6. The Hall–Kier alpha value is -2.69. The van der Waals surface area contributed by atoms with E-state index < -0.39 is 21.6 Å². The van der Waals surface area contributed by atoms with E-state index in [1.54, 1.807) is 0 Å². The van der Waals surface area contributed by atoms with E-state index in [1.807, 2.05) is 93.6 Å². The number of likely N-dealkylation sites (tertiary alicyclic amines) is 1. The minimum Gasteiger partial charge on any atom is -0.459 e. The Morgan fingerprint density at radius 3 is 2.32 bits per heavy atom. The number of nitrogens with one attached hydrogen (secondary N) is 1. The second kappa shape index (κ2) is 15.2. The summed E-state index contributed by atoms with van der Waals surface area (Å²) in [6.07, 6.45) is 1.13. The molecule has 11 heteroatoms. The molecule has 4 atom stereocenters. The molecule has 0 bridgehead atoms. The third-order valence-corrected chi connectivity index (χ3v) is 8.74. The number of ether oxygens (including phenoxy) is 3. The number of aliphatic hydroxyl groups is 1. The number of hydrogen-bond donors (Lipinski definition) is 2. The number of hydrogen-bond acceptors (Lipinski definition) is 7. The van der Waals surface area contributed by atoms with Crippen LogP contribution in [0.4, 0.5) is 0 Å². The smallest absolute Gasteiger partial charge is 0.323 e. The molecule has 2 aliphatic heterocycles. The summed E-state index contributed by atoms with van der Waals surface area (Å²) in [4.78, 5) is 27.3. The topological polar surface area (TPSA) is 97.3 Å². The molecule has 2 aliphatic rings. The van der Waals surface area contributed by atoms with Gasteiger partial charge in [-0.1, -0.05) is 95.5 Å². The first kappa shape index (κ1) is 35.6. The Morgan fingerprint density at radius 2 is 1.64 bits per heavy atom. The molecule has 4 unspecified atom stereocenters. The van der Waals surface area contributed by atoms with E-state index >= 15 is 0 Å². The average molecular weight is 704 g/mol. The number of amides is 1. The number of rotatable bonds is 9. The number of carbonyl (C=O) groups is 2. The minimum absolute atomic E-state index is 0.0333. The van der Waals surface area contributed by atoms with E-state index in [0.29, 0.717) is 13.0 Å². The molecule has 3 aromatic rings. The molecule has 2 heterocycles. The number of alkyl halides is 3. The lowest BCUT2D eigenvalue weighted by Gasteiger charge is -2.38. The van der Waals surface area contributed by atoms with Gasteiger partial charge in [0.2, 0.25) is 0 Å². The number of esters is 1. The first-order chi connectivity index (χ1) is 22.3. The van der Waals surface area contributed by atoms with Gasteiger partial charge in [0.1, 0.15) is 11.6 Å². The number of halogens is 3. The van der Waals surface area contributed by atoms with Gasteiger partial charge in [0.05, 0.1) is 18.8 Å². The van der Waals surface area contributed by atoms with E-state index in [9.17, 15) is 14.7 Å². The second-order valence-corrected chi connectivity index (χ2v) is 15.3. The zero-order chi connectivity index (χ0) is 33.8. The number of nitrogens with zero attached hydrogens (tertiary/aromatic N) is 1. The molecule has 0 spiro atoms. The van der Waals surface area contributed by atoms with Crippen LogP contribution in [-0.2, 0) is 37.0 Å². The summed E-state index contributed by atoms with van der Waals surface area (Å²) < 4.78 is 16.9. The highest BCUT2D eigenvalue weighted by Gasteiger charge is 2.39. The molecule has 0 radical (unpaired) electrons. The Kier molecular flexibility index (Phi) is 11.6. The minimum atomic E-state index is -2.03. The van der Waals surface area contributed by atoms with Crippen LogP contribution in [-0.4, -0.2) is 56.5 Å². The molecule has 8 nitrogen and oxygen atoms in total. The zero-order valence-electron chi connectivity index (χ0n) is 26.8. The van der Waals surface area contributed by atoms with E-state index in [-0.39, 0.29) is 37.4 Å².